The Hall–Kier alpha value is -3.48. The molecule has 1 aromatic carbocycles. The lowest BCUT2D eigenvalue weighted by Crippen LogP contribution is -2.47. The molecule has 1 aliphatic rings. The van der Waals surface area contributed by atoms with Gasteiger partial charge in [-0.1, -0.05) is 13.0 Å². The third-order valence-corrected chi connectivity index (χ3v) is 5.91. The van der Waals surface area contributed by atoms with E-state index in [0.29, 0.717) is 13.0 Å². The van der Waals surface area contributed by atoms with Crippen LogP contribution in [-0.2, 0) is 9.53 Å². The topological polar surface area (TPSA) is 118 Å². The number of anilines is 1. The fourth-order valence-corrected chi connectivity index (χ4v) is 3.89. The van der Waals surface area contributed by atoms with Crippen LogP contribution in [-0.4, -0.2) is 36.7 Å². The first-order chi connectivity index (χ1) is 16.9. The molecule has 13 heteroatoms. The number of halogens is 5. The average molecular weight is 492 g/mol. The van der Waals surface area contributed by atoms with Crippen LogP contribution in [0.25, 0.3) is 0 Å². The number of rotatable bonds is 5. The number of amides is 2. The van der Waals surface area contributed by atoms with Gasteiger partial charge in [-0.25, -0.2) is 4.39 Å². The number of nitrogens with two attached hydrogens (primary N) is 1. The molecule has 0 bridgehead atoms. The Morgan fingerprint density at radius 3 is 2.59 bits per heavy atom. The Labute approximate surface area is 194 Å². The maximum Gasteiger partial charge on any atom is 0.417 e. The van der Waals surface area contributed by atoms with E-state index in [2.05, 4.69) is 10.1 Å². The van der Waals surface area contributed by atoms with E-state index in [1.807, 2.05) is 0 Å². The zero-order valence-electron chi connectivity index (χ0n) is 20.6. The second-order valence-electron chi connectivity index (χ2n) is 7.82. The van der Waals surface area contributed by atoms with Gasteiger partial charge in [-0.3, -0.25) is 9.59 Å². The summed E-state index contributed by atoms with van der Waals surface area (Å²) in [4.78, 5) is 24.6. The summed E-state index contributed by atoms with van der Waals surface area (Å²) in [5.41, 5.74) is 0.723. The first kappa shape index (κ1) is 21.1. The number of nitrogens with zero attached hydrogens (tertiary/aromatic N) is 1. The third-order valence-electron chi connectivity index (χ3n) is 5.91. The maximum absolute atomic E-state index is 14.6. The highest BCUT2D eigenvalue weighted by Crippen LogP contribution is 2.55. The Balaban J connectivity index is 2.13. The van der Waals surface area contributed by atoms with Gasteiger partial charge in [0.1, 0.15) is 6.10 Å². The second kappa shape index (κ2) is 8.70. The summed E-state index contributed by atoms with van der Waals surface area (Å²) < 4.78 is 102. The Bertz CT molecular complexity index is 1240. The minimum Gasteiger partial charge on any atom is -0.618 e. The number of pyridine rings is 1. The summed E-state index contributed by atoms with van der Waals surface area (Å²) in [7, 11) is -3.32. The van der Waals surface area contributed by atoms with Gasteiger partial charge in [0.25, 0.3) is 11.6 Å². The molecular weight excluding hydrogens is 469 g/mol. The fourth-order valence-electron chi connectivity index (χ4n) is 3.89. The summed E-state index contributed by atoms with van der Waals surface area (Å²) in [5, 5.41) is 13.9. The molecule has 3 N–H and O–H groups in total. The van der Waals surface area contributed by atoms with E-state index in [9.17, 15) is 36.7 Å². The van der Waals surface area contributed by atoms with Crippen LogP contribution in [0.4, 0.5) is 27.6 Å². The molecule has 1 saturated heterocycles. The highest BCUT2D eigenvalue weighted by Gasteiger charge is 2.65. The normalized spacial score (nSPS) is 26.3. The summed E-state index contributed by atoms with van der Waals surface area (Å²) in [6.45, 7) is 1.69. The predicted octanol–water partition coefficient (Wildman–Crippen LogP) is 2.78. The van der Waals surface area contributed by atoms with Gasteiger partial charge in [0.2, 0.25) is 5.82 Å². The molecule has 3 rings (SSSR count). The molecule has 0 spiro atoms. The molecule has 1 aromatic heterocycles. The molecule has 8 nitrogen and oxygen atoms in total. The van der Waals surface area contributed by atoms with Crippen molar-refractivity contribution in [2.75, 3.05) is 12.4 Å². The van der Waals surface area contributed by atoms with Crippen LogP contribution in [0.1, 0.15) is 39.9 Å². The molecule has 34 heavy (non-hydrogen) atoms. The van der Waals surface area contributed by atoms with Crippen molar-refractivity contribution in [2.45, 2.75) is 37.6 Å². The lowest BCUT2D eigenvalue weighted by atomic mass is 9.77. The number of nitrogens with one attached hydrogen (secondary N) is 1. The number of ether oxygens (including phenoxy) is 2. The number of carbonyl (C=O) groups excluding carboxylic acids is 2. The Kier molecular flexibility index (Phi) is 5.40. The zero-order chi connectivity index (χ0) is 28.1. The quantitative estimate of drug-likeness (QED) is 0.378. The van der Waals surface area contributed by atoms with E-state index in [4.69, 9.17) is 14.6 Å². The molecule has 0 saturated carbocycles. The van der Waals surface area contributed by atoms with Gasteiger partial charge >= 0.3 is 12.1 Å². The first-order valence-electron chi connectivity index (χ1n) is 11.1. The smallest absolute Gasteiger partial charge is 0.417 e. The number of alkyl halides is 3. The van der Waals surface area contributed by atoms with E-state index in [-0.39, 0.29) is 10.4 Å². The SMILES string of the molecule is [2H]C([2H])([2H])Oc1c([C@@H]2[C@@H](C(=O)Nc3cc[n+]([O-])c(C(N)=O)c3)O[C@](C)(C(F)(F)F)[C@H]2C)ccc(F)c1F. The monoisotopic (exact) mass is 492 g/mol. The van der Waals surface area contributed by atoms with Crippen LogP contribution >= 0.6 is 0 Å². The average Bonchev–Trinajstić information content (AvgIpc) is 3.04. The lowest BCUT2D eigenvalue weighted by Gasteiger charge is -2.32. The molecule has 2 amide bonds. The molecule has 2 heterocycles. The fraction of sp³-hybridized carbons (Fsp3) is 0.381. The van der Waals surface area contributed by atoms with Crippen LogP contribution in [0.2, 0.25) is 0 Å². The van der Waals surface area contributed by atoms with Crippen LogP contribution in [0.5, 0.6) is 5.75 Å². The summed E-state index contributed by atoms with van der Waals surface area (Å²) in [6, 6.07) is 3.24. The van der Waals surface area contributed by atoms with Crippen molar-refractivity contribution in [1.82, 2.24) is 0 Å². The van der Waals surface area contributed by atoms with Gasteiger partial charge in [0.15, 0.2) is 23.4 Å². The molecule has 0 radical (unpaired) electrons. The van der Waals surface area contributed by atoms with Crippen molar-refractivity contribution in [3.05, 3.63) is 58.6 Å². The number of carbonyl (C=O) groups is 2. The number of primary amides is 1. The second-order valence-corrected chi connectivity index (χ2v) is 7.82. The molecule has 4 atom stereocenters. The predicted molar refractivity (Wildman–Crippen MR) is 107 cm³/mol. The van der Waals surface area contributed by atoms with Crippen molar-refractivity contribution in [3.63, 3.8) is 0 Å². The largest absolute Gasteiger partial charge is 0.618 e. The number of benzene rings is 1. The Morgan fingerprint density at radius 1 is 1.32 bits per heavy atom. The number of aromatic nitrogens is 1. The maximum atomic E-state index is 14.6. The summed E-state index contributed by atoms with van der Waals surface area (Å²) >= 11 is 0. The van der Waals surface area contributed by atoms with Crippen LogP contribution in [0.15, 0.2) is 30.5 Å². The van der Waals surface area contributed by atoms with Gasteiger partial charge in [-0.05, 0) is 13.0 Å². The molecule has 1 aliphatic heterocycles. The van der Waals surface area contributed by atoms with E-state index < -0.39 is 77.2 Å². The van der Waals surface area contributed by atoms with Crippen LogP contribution in [0.3, 0.4) is 0 Å². The number of hydrogen-bond acceptors (Lipinski definition) is 5. The van der Waals surface area contributed by atoms with Crippen molar-refractivity contribution in [3.8, 4) is 5.75 Å². The molecule has 1 fully saturated rings. The van der Waals surface area contributed by atoms with E-state index >= 15 is 0 Å². The lowest BCUT2D eigenvalue weighted by molar-refractivity contribution is -0.607. The van der Waals surface area contributed by atoms with E-state index in [1.54, 1.807) is 0 Å². The van der Waals surface area contributed by atoms with Crippen LogP contribution < -0.4 is 20.5 Å². The summed E-state index contributed by atoms with van der Waals surface area (Å²) in [6.07, 6.45) is -6.28. The van der Waals surface area contributed by atoms with Crippen molar-refractivity contribution in [2.24, 2.45) is 11.7 Å². The van der Waals surface area contributed by atoms with E-state index in [0.717, 1.165) is 31.3 Å². The van der Waals surface area contributed by atoms with E-state index in [1.165, 1.54) is 0 Å². The van der Waals surface area contributed by atoms with Crippen molar-refractivity contribution < 1.29 is 49.9 Å². The van der Waals surface area contributed by atoms with Gasteiger partial charge in [-0.2, -0.15) is 22.3 Å². The highest BCUT2D eigenvalue weighted by atomic mass is 19.4. The van der Waals surface area contributed by atoms with Gasteiger partial charge in [-0.15, -0.1) is 0 Å². The van der Waals surface area contributed by atoms with Crippen molar-refractivity contribution in [1.29, 1.82) is 0 Å². The number of methoxy groups -OCH3 is 1. The molecule has 0 unspecified atom stereocenters. The van der Waals surface area contributed by atoms with Crippen molar-refractivity contribution >= 4 is 17.5 Å². The molecule has 184 valence electrons. The van der Waals surface area contributed by atoms with Gasteiger partial charge in [0.05, 0.1) is 16.8 Å². The molecule has 0 aliphatic carbocycles. The molecule has 2 aromatic rings. The zero-order valence-corrected chi connectivity index (χ0v) is 17.6. The Morgan fingerprint density at radius 2 is 2.00 bits per heavy atom. The standard InChI is InChI=1S/C21H20F5N3O5/c1-9-14(11-4-5-12(22)15(23)16(11)33-3)17(34-20(9,2)21(24,25)26)19(31)28-10-6-7-29(32)13(8-10)18(27)30/h4-9,14,17H,1-3H3,(H2,27,30)(H,28,31)/t9-,14+,17-,20-/m0/s1/i3D3. The highest BCUT2D eigenvalue weighted by molar-refractivity contribution is 5.97. The minimum absolute atomic E-state index is 0.0926. The molecular formula is C21H20F5N3O5. The first-order valence-corrected chi connectivity index (χ1v) is 9.62. The van der Waals surface area contributed by atoms with Crippen LogP contribution in [0, 0.1) is 22.8 Å². The van der Waals surface area contributed by atoms with Gasteiger partial charge in [0, 0.05) is 29.5 Å². The minimum atomic E-state index is -5.05. The van der Waals surface area contributed by atoms with Gasteiger partial charge < -0.3 is 25.7 Å². The summed E-state index contributed by atoms with van der Waals surface area (Å²) in [5.74, 6) is -10.2. The number of hydrogen-bond donors (Lipinski definition) is 2. The third kappa shape index (κ3) is 4.11.